The molecule has 0 aliphatic carbocycles. The molecule has 134 valence electrons. The van der Waals surface area contributed by atoms with E-state index < -0.39 is 18.2 Å². The molecule has 0 heterocycles. The SMILES string of the molecule is CCON(C(=O)OCc1ccccc1)c1ccc(OC(F)(F)F)cc1. The van der Waals surface area contributed by atoms with Gasteiger partial charge in [-0.15, -0.1) is 13.2 Å². The first-order chi connectivity index (χ1) is 11.9. The largest absolute Gasteiger partial charge is 0.573 e. The van der Waals surface area contributed by atoms with Crippen molar-refractivity contribution in [3.05, 3.63) is 60.2 Å². The zero-order valence-electron chi connectivity index (χ0n) is 13.3. The molecular weight excluding hydrogens is 339 g/mol. The van der Waals surface area contributed by atoms with Crippen molar-refractivity contribution in [3.8, 4) is 5.75 Å². The van der Waals surface area contributed by atoms with Gasteiger partial charge in [0.25, 0.3) is 0 Å². The smallest absolute Gasteiger partial charge is 0.443 e. The molecule has 2 aromatic rings. The van der Waals surface area contributed by atoms with E-state index in [9.17, 15) is 18.0 Å². The summed E-state index contributed by atoms with van der Waals surface area (Å²) in [7, 11) is 0. The van der Waals surface area contributed by atoms with Gasteiger partial charge in [0, 0.05) is 0 Å². The molecule has 0 atom stereocenters. The molecule has 5 nitrogen and oxygen atoms in total. The molecule has 0 aliphatic heterocycles. The molecule has 0 N–H and O–H groups in total. The Morgan fingerprint density at radius 2 is 1.68 bits per heavy atom. The summed E-state index contributed by atoms with van der Waals surface area (Å²) in [4.78, 5) is 17.4. The maximum Gasteiger partial charge on any atom is 0.573 e. The predicted molar refractivity (Wildman–Crippen MR) is 83.9 cm³/mol. The van der Waals surface area contributed by atoms with E-state index in [1.165, 1.54) is 12.1 Å². The van der Waals surface area contributed by atoms with Crippen molar-refractivity contribution in [1.29, 1.82) is 0 Å². The normalized spacial score (nSPS) is 11.0. The van der Waals surface area contributed by atoms with Gasteiger partial charge in [0.1, 0.15) is 12.4 Å². The van der Waals surface area contributed by atoms with Crippen molar-refractivity contribution in [2.24, 2.45) is 0 Å². The Kier molecular flexibility index (Phi) is 6.24. The van der Waals surface area contributed by atoms with Crippen LogP contribution in [0.4, 0.5) is 23.7 Å². The summed E-state index contributed by atoms with van der Waals surface area (Å²) in [6, 6.07) is 13.7. The number of benzene rings is 2. The molecule has 0 fully saturated rings. The van der Waals surface area contributed by atoms with E-state index in [0.717, 1.165) is 22.8 Å². The number of hydrogen-bond acceptors (Lipinski definition) is 4. The van der Waals surface area contributed by atoms with Crippen LogP contribution in [0.5, 0.6) is 5.75 Å². The molecule has 0 spiro atoms. The third-order valence-electron chi connectivity index (χ3n) is 2.93. The number of hydroxylamine groups is 1. The second-order valence-electron chi connectivity index (χ2n) is 4.79. The molecule has 25 heavy (non-hydrogen) atoms. The highest BCUT2D eigenvalue weighted by Crippen LogP contribution is 2.26. The number of carbonyl (C=O) groups is 1. The molecule has 0 aromatic heterocycles. The molecule has 1 amide bonds. The van der Waals surface area contributed by atoms with Gasteiger partial charge in [-0.3, -0.25) is 4.84 Å². The predicted octanol–water partition coefficient (Wildman–Crippen LogP) is 4.68. The number of amides is 1. The van der Waals surface area contributed by atoms with Crippen molar-refractivity contribution >= 4 is 11.8 Å². The van der Waals surface area contributed by atoms with Gasteiger partial charge in [0.2, 0.25) is 0 Å². The Morgan fingerprint density at radius 1 is 1.04 bits per heavy atom. The Bertz CT molecular complexity index is 675. The zero-order chi connectivity index (χ0) is 18.3. The fourth-order valence-corrected chi connectivity index (χ4v) is 1.92. The van der Waals surface area contributed by atoms with Gasteiger partial charge in [-0.05, 0) is 36.8 Å². The molecule has 8 heteroatoms. The van der Waals surface area contributed by atoms with E-state index in [4.69, 9.17) is 9.57 Å². The van der Waals surface area contributed by atoms with Crippen LogP contribution in [-0.4, -0.2) is 19.1 Å². The van der Waals surface area contributed by atoms with Gasteiger partial charge in [-0.1, -0.05) is 30.3 Å². The summed E-state index contributed by atoms with van der Waals surface area (Å²) in [5.41, 5.74) is 1.01. The second kappa shape index (κ2) is 8.39. The van der Waals surface area contributed by atoms with Crippen LogP contribution >= 0.6 is 0 Å². The van der Waals surface area contributed by atoms with Crippen LogP contribution < -0.4 is 9.80 Å². The number of hydrogen-bond donors (Lipinski definition) is 0. The van der Waals surface area contributed by atoms with E-state index in [1.54, 1.807) is 19.1 Å². The van der Waals surface area contributed by atoms with Crippen LogP contribution in [-0.2, 0) is 16.2 Å². The van der Waals surface area contributed by atoms with Gasteiger partial charge < -0.3 is 9.47 Å². The van der Waals surface area contributed by atoms with Gasteiger partial charge in [-0.2, -0.15) is 5.06 Å². The van der Waals surface area contributed by atoms with Crippen molar-refractivity contribution in [2.75, 3.05) is 11.7 Å². The number of rotatable bonds is 6. The van der Waals surface area contributed by atoms with E-state index in [-0.39, 0.29) is 18.9 Å². The van der Waals surface area contributed by atoms with E-state index in [1.807, 2.05) is 18.2 Å². The highest BCUT2D eigenvalue weighted by atomic mass is 19.4. The highest BCUT2D eigenvalue weighted by molar-refractivity contribution is 5.85. The third-order valence-corrected chi connectivity index (χ3v) is 2.93. The number of carbonyl (C=O) groups excluding carboxylic acids is 1. The number of halogens is 3. The average Bonchev–Trinajstić information content (AvgIpc) is 2.58. The Balaban J connectivity index is 2.04. The Hall–Kier alpha value is -2.74. The standard InChI is InChI=1S/C17H16F3NO4/c1-2-24-21(16(22)23-12-13-6-4-3-5-7-13)14-8-10-15(11-9-14)25-17(18,19)20/h3-11H,2,12H2,1H3. The molecular formula is C17H16F3NO4. The lowest BCUT2D eigenvalue weighted by atomic mass is 10.2. The number of anilines is 1. The third kappa shape index (κ3) is 6.00. The maximum atomic E-state index is 12.2. The number of alkyl halides is 3. The van der Waals surface area contributed by atoms with Crippen molar-refractivity contribution < 1.29 is 32.3 Å². The minimum absolute atomic E-state index is 0.0402. The molecule has 2 rings (SSSR count). The lowest BCUT2D eigenvalue weighted by molar-refractivity contribution is -0.274. The van der Waals surface area contributed by atoms with Gasteiger partial charge in [0.15, 0.2) is 0 Å². The van der Waals surface area contributed by atoms with Crippen molar-refractivity contribution in [3.63, 3.8) is 0 Å². The Labute approximate surface area is 142 Å². The quantitative estimate of drug-likeness (QED) is 0.706. The minimum atomic E-state index is -4.78. The Morgan fingerprint density at radius 3 is 2.24 bits per heavy atom. The molecule has 0 saturated heterocycles. The van der Waals surface area contributed by atoms with E-state index in [2.05, 4.69) is 4.74 Å². The summed E-state index contributed by atoms with van der Waals surface area (Å²) in [6.07, 6.45) is -5.56. The maximum absolute atomic E-state index is 12.2. The van der Waals surface area contributed by atoms with Gasteiger partial charge in [0.05, 0.1) is 12.3 Å². The highest BCUT2D eigenvalue weighted by Gasteiger charge is 2.31. The van der Waals surface area contributed by atoms with Crippen LogP contribution in [0.15, 0.2) is 54.6 Å². The monoisotopic (exact) mass is 355 g/mol. The first kappa shape index (κ1) is 18.6. The molecule has 0 bridgehead atoms. The van der Waals surface area contributed by atoms with Crippen molar-refractivity contribution in [2.45, 2.75) is 19.9 Å². The van der Waals surface area contributed by atoms with Crippen molar-refractivity contribution in [1.82, 2.24) is 0 Å². The van der Waals surface area contributed by atoms with Crippen LogP contribution in [0.1, 0.15) is 12.5 Å². The summed E-state index contributed by atoms with van der Waals surface area (Å²) in [5.74, 6) is -0.398. The van der Waals surface area contributed by atoms with Crippen LogP contribution in [0, 0.1) is 0 Å². The average molecular weight is 355 g/mol. The van der Waals surface area contributed by atoms with Gasteiger partial charge in [-0.25, -0.2) is 4.79 Å². The first-order valence-electron chi connectivity index (χ1n) is 7.38. The summed E-state index contributed by atoms with van der Waals surface area (Å²) < 4.78 is 45.5. The summed E-state index contributed by atoms with van der Waals surface area (Å²) in [5, 5.41) is 0.875. The molecule has 0 radical (unpaired) electrons. The fourth-order valence-electron chi connectivity index (χ4n) is 1.92. The molecule has 0 aliphatic rings. The molecule has 0 saturated carbocycles. The summed E-state index contributed by atoms with van der Waals surface area (Å²) >= 11 is 0. The van der Waals surface area contributed by atoms with E-state index in [0.29, 0.717) is 0 Å². The topological polar surface area (TPSA) is 48.0 Å². The first-order valence-corrected chi connectivity index (χ1v) is 7.38. The minimum Gasteiger partial charge on any atom is -0.443 e. The number of ether oxygens (including phenoxy) is 2. The lowest BCUT2D eigenvalue weighted by Gasteiger charge is -2.21. The zero-order valence-corrected chi connectivity index (χ0v) is 13.3. The van der Waals surface area contributed by atoms with Crippen LogP contribution in [0.25, 0.3) is 0 Å². The molecule has 0 unspecified atom stereocenters. The lowest BCUT2D eigenvalue weighted by Crippen LogP contribution is -2.31. The van der Waals surface area contributed by atoms with Gasteiger partial charge >= 0.3 is 12.5 Å². The van der Waals surface area contributed by atoms with Crippen LogP contribution in [0.2, 0.25) is 0 Å². The second-order valence-corrected chi connectivity index (χ2v) is 4.79. The number of nitrogens with zero attached hydrogens (tertiary/aromatic N) is 1. The summed E-state index contributed by atoms with van der Waals surface area (Å²) in [6.45, 7) is 1.87. The van der Waals surface area contributed by atoms with E-state index >= 15 is 0 Å². The molecule has 2 aromatic carbocycles. The fraction of sp³-hybridized carbons (Fsp3) is 0.235. The van der Waals surface area contributed by atoms with Crippen LogP contribution in [0.3, 0.4) is 0 Å².